The minimum atomic E-state index is 0.295. The number of hydrogen-bond acceptors (Lipinski definition) is 2. The van der Waals surface area contributed by atoms with Crippen molar-refractivity contribution >= 4 is 16.7 Å². The number of fused-ring (bicyclic) bond motifs is 1. The summed E-state index contributed by atoms with van der Waals surface area (Å²) >= 11 is 0. The molecule has 1 aromatic carbocycles. The van der Waals surface area contributed by atoms with Gasteiger partial charge in [0, 0.05) is 23.4 Å². The number of carbonyl (C=O) groups excluding carboxylic acids is 1. The fourth-order valence-corrected chi connectivity index (χ4v) is 2.29. The van der Waals surface area contributed by atoms with E-state index in [4.69, 9.17) is 0 Å². The van der Waals surface area contributed by atoms with Crippen molar-refractivity contribution in [2.45, 2.75) is 19.8 Å². The second-order valence-electron chi connectivity index (χ2n) is 4.96. The Hall–Kier alpha value is -1.70. The molecule has 2 atom stereocenters. The maximum absolute atomic E-state index is 11.9. The van der Waals surface area contributed by atoms with E-state index in [2.05, 4.69) is 11.9 Å². The topological polar surface area (TPSA) is 30.0 Å². The van der Waals surface area contributed by atoms with Gasteiger partial charge in [0.05, 0.1) is 5.52 Å². The number of Topliss-reactive ketones (excluding diaryl/α,β-unsaturated/α-hetero) is 1. The molecule has 0 radical (unpaired) electrons. The van der Waals surface area contributed by atoms with Gasteiger partial charge in [0.2, 0.25) is 0 Å². The number of carbonyl (C=O) groups is 1. The zero-order chi connectivity index (χ0) is 11.8. The Morgan fingerprint density at radius 3 is 2.82 bits per heavy atom. The maximum Gasteiger partial charge on any atom is 0.142 e. The molecule has 0 aliphatic heterocycles. The molecule has 0 amide bonds. The van der Waals surface area contributed by atoms with Crippen molar-refractivity contribution in [3.05, 3.63) is 42.1 Å². The molecule has 1 fully saturated rings. The molecule has 2 heteroatoms. The van der Waals surface area contributed by atoms with Gasteiger partial charge in [0.15, 0.2) is 0 Å². The lowest BCUT2D eigenvalue weighted by atomic mass is 10.1. The van der Waals surface area contributed by atoms with Gasteiger partial charge < -0.3 is 0 Å². The molecule has 2 unspecified atom stereocenters. The SMILES string of the molecule is CC1CC1C(=O)Cc1ccc2ccccc2n1. The second-order valence-corrected chi connectivity index (χ2v) is 4.96. The van der Waals surface area contributed by atoms with E-state index in [9.17, 15) is 4.79 Å². The summed E-state index contributed by atoms with van der Waals surface area (Å²) in [6.45, 7) is 2.14. The highest BCUT2D eigenvalue weighted by Gasteiger charge is 2.38. The standard InChI is InChI=1S/C15H15NO/c1-10-8-13(10)15(17)9-12-7-6-11-4-2-3-5-14(11)16-12/h2-7,10,13H,8-9H2,1H3. The molecular weight excluding hydrogens is 210 g/mol. The molecule has 1 aromatic heterocycles. The summed E-state index contributed by atoms with van der Waals surface area (Å²) in [6.07, 6.45) is 1.55. The van der Waals surface area contributed by atoms with E-state index in [1.165, 1.54) is 0 Å². The number of nitrogens with zero attached hydrogens (tertiary/aromatic N) is 1. The number of para-hydroxylation sites is 1. The minimum absolute atomic E-state index is 0.295. The van der Waals surface area contributed by atoms with Crippen molar-refractivity contribution in [2.75, 3.05) is 0 Å². The van der Waals surface area contributed by atoms with Gasteiger partial charge in [0.1, 0.15) is 5.78 Å². The van der Waals surface area contributed by atoms with Crippen LogP contribution in [0.15, 0.2) is 36.4 Å². The Morgan fingerprint density at radius 2 is 2.06 bits per heavy atom. The Kier molecular flexibility index (Phi) is 2.43. The third kappa shape index (κ3) is 2.07. The smallest absolute Gasteiger partial charge is 0.142 e. The number of pyridine rings is 1. The van der Waals surface area contributed by atoms with Crippen LogP contribution in [0.25, 0.3) is 10.9 Å². The third-order valence-corrected chi connectivity index (χ3v) is 3.53. The number of aromatic nitrogens is 1. The van der Waals surface area contributed by atoms with Gasteiger partial charge in [-0.3, -0.25) is 9.78 Å². The summed E-state index contributed by atoms with van der Waals surface area (Å²) in [5.41, 5.74) is 1.87. The molecule has 17 heavy (non-hydrogen) atoms. The van der Waals surface area contributed by atoms with Crippen molar-refractivity contribution in [1.82, 2.24) is 4.98 Å². The molecular formula is C15H15NO. The minimum Gasteiger partial charge on any atom is -0.299 e. The Bertz CT molecular complexity index is 576. The molecule has 0 bridgehead atoms. The third-order valence-electron chi connectivity index (χ3n) is 3.53. The van der Waals surface area contributed by atoms with Crippen LogP contribution in [0.1, 0.15) is 19.0 Å². The highest BCUT2D eigenvalue weighted by molar-refractivity contribution is 5.86. The predicted octanol–water partition coefficient (Wildman–Crippen LogP) is 3.00. The second kappa shape index (κ2) is 3.95. The van der Waals surface area contributed by atoms with Gasteiger partial charge in [0.25, 0.3) is 0 Å². The normalized spacial score (nSPS) is 22.6. The number of ketones is 1. The van der Waals surface area contributed by atoms with E-state index in [0.717, 1.165) is 23.0 Å². The number of benzene rings is 1. The molecule has 3 rings (SSSR count). The Balaban J connectivity index is 1.83. The molecule has 1 saturated carbocycles. The van der Waals surface area contributed by atoms with Crippen LogP contribution in [-0.4, -0.2) is 10.8 Å². The lowest BCUT2D eigenvalue weighted by Gasteiger charge is -2.02. The predicted molar refractivity (Wildman–Crippen MR) is 67.7 cm³/mol. The van der Waals surface area contributed by atoms with Crippen molar-refractivity contribution in [1.29, 1.82) is 0 Å². The number of rotatable bonds is 3. The molecule has 0 saturated heterocycles. The van der Waals surface area contributed by atoms with Crippen molar-refractivity contribution in [3.63, 3.8) is 0 Å². The van der Waals surface area contributed by atoms with Gasteiger partial charge in [-0.25, -0.2) is 0 Å². The van der Waals surface area contributed by atoms with Crippen LogP contribution in [0.3, 0.4) is 0 Å². The monoisotopic (exact) mass is 225 g/mol. The average Bonchev–Trinajstić information content (AvgIpc) is 3.06. The molecule has 0 spiro atoms. The van der Waals surface area contributed by atoms with E-state index in [-0.39, 0.29) is 0 Å². The lowest BCUT2D eigenvalue weighted by molar-refractivity contribution is -0.119. The van der Waals surface area contributed by atoms with Crippen LogP contribution in [0.4, 0.5) is 0 Å². The van der Waals surface area contributed by atoms with Crippen LogP contribution in [-0.2, 0) is 11.2 Å². The van der Waals surface area contributed by atoms with Crippen LogP contribution < -0.4 is 0 Å². The average molecular weight is 225 g/mol. The van der Waals surface area contributed by atoms with E-state index in [0.29, 0.717) is 24.0 Å². The van der Waals surface area contributed by atoms with Crippen LogP contribution in [0, 0.1) is 11.8 Å². The quantitative estimate of drug-likeness (QED) is 0.803. The van der Waals surface area contributed by atoms with Crippen molar-refractivity contribution in [3.8, 4) is 0 Å². The van der Waals surface area contributed by atoms with Crippen LogP contribution >= 0.6 is 0 Å². The highest BCUT2D eigenvalue weighted by Crippen LogP contribution is 2.39. The first-order valence-electron chi connectivity index (χ1n) is 6.11. The van der Waals surface area contributed by atoms with E-state index < -0.39 is 0 Å². The fourth-order valence-electron chi connectivity index (χ4n) is 2.29. The van der Waals surface area contributed by atoms with Gasteiger partial charge in [-0.15, -0.1) is 0 Å². The van der Waals surface area contributed by atoms with Gasteiger partial charge in [-0.2, -0.15) is 0 Å². The Morgan fingerprint density at radius 1 is 1.29 bits per heavy atom. The van der Waals surface area contributed by atoms with Crippen molar-refractivity contribution < 1.29 is 4.79 Å². The Labute approximate surface area is 101 Å². The molecule has 1 heterocycles. The lowest BCUT2D eigenvalue weighted by Crippen LogP contribution is -2.07. The first-order chi connectivity index (χ1) is 8.24. The maximum atomic E-state index is 11.9. The molecule has 2 nitrogen and oxygen atoms in total. The van der Waals surface area contributed by atoms with Crippen LogP contribution in [0.2, 0.25) is 0 Å². The van der Waals surface area contributed by atoms with Crippen LogP contribution in [0.5, 0.6) is 0 Å². The van der Waals surface area contributed by atoms with E-state index in [1.54, 1.807) is 0 Å². The van der Waals surface area contributed by atoms with E-state index >= 15 is 0 Å². The summed E-state index contributed by atoms with van der Waals surface area (Å²) in [7, 11) is 0. The first kappa shape index (κ1) is 10.5. The fraction of sp³-hybridized carbons (Fsp3) is 0.333. The van der Waals surface area contributed by atoms with Gasteiger partial charge >= 0.3 is 0 Å². The molecule has 86 valence electrons. The summed E-state index contributed by atoms with van der Waals surface area (Å²) in [5, 5.41) is 1.13. The summed E-state index contributed by atoms with van der Waals surface area (Å²) in [4.78, 5) is 16.4. The largest absolute Gasteiger partial charge is 0.299 e. The first-order valence-corrected chi connectivity index (χ1v) is 6.11. The molecule has 1 aliphatic rings. The van der Waals surface area contributed by atoms with E-state index in [1.807, 2.05) is 36.4 Å². The van der Waals surface area contributed by atoms with Crippen molar-refractivity contribution in [2.24, 2.45) is 11.8 Å². The number of hydrogen-bond donors (Lipinski definition) is 0. The van der Waals surface area contributed by atoms with Gasteiger partial charge in [-0.1, -0.05) is 31.2 Å². The zero-order valence-electron chi connectivity index (χ0n) is 9.89. The summed E-state index contributed by atoms with van der Waals surface area (Å²) in [6, 6.07) is 12.0. The molecule has 2 aromatic rings. The summed E-state index contributed by atoms with van der Waals surface area (Å²) in [5.74, 6) is 1.23. The molecule has 0 N–H and O–H groups in total. The highest BCUT2D eigenvalue weighted by atomic mass is 16.1. The summed E-state index contributed by atoms with van der Waals surface area (Å²) < 4.78 is 0. The zero-order valence-corrected chi connectivity index (χ0v) is 9.89. The molecule has 1 aliphatic carbocycles. The van der Waals surface area contributed by atoms with Gasteiger partial charge in [-0.05, 0) is 24.5 Å².